The van der Waals surface area contributed by atoms with Gasteiger partial charge in [-0.1, -0.05) is 12.1 Å². The van der Waals surface area contributed by atoms with Gasteiger partial charge < -0.3 is 14.8 Å². The van der Waals surface area contributed by atoms with Gasteiger partial charge in [-0.15, -0.1) is 0 Å². The number of hydrogen-bond acceptors (Lipinski definition) is 4. The van der Waals surface area contributed by atoms with Crippen molar-refractivity contribution >= 4 is 12.0 Å². The van der Waals surface area contributed by atoms with Gasteiger partial charge in [-0.25, -0.2) is 0 Å². The maximum absolute atomic E-state index is 12.0. The molecule has 0 fully saturated rings. The number of amides is 1. The van der Waals surface area contributed by atoms with Gasteiger partial charge in [-0.3, -0.25) is 9.48 Å². The smallest absolute Gasteiger partial charge is 0.244 e. The molecule has 6 nitrogen and oxygen atoms in total. The average molecular weight is 343 g/mol. The van der Waals surface area contributed by atoms with Gasteiger partial charge >= 0.3 is 0 Å². The first-order chi connectivity index (χ1) is 11.9. The maximum atomic E-state index is 12.0. The minimum atomic E-state index is -0.185. The van der Waals surface area contributed by atoms with Crippen LogP contribution < -0.4 is 14.8 Å². The molecular weight excluding hydrogens is 318 g/mol. The lowest BCUT2D eigenvalue weighted by atomic mass is 10.2. The standard InChI is InChI=1S/C19H25N3O3/c1-13(25-18-9-7-6-8-17(18)24-5)12-20-19(23)11-10-16-14(2)21-22(4)15(16)3/h6-11,13H,12H2,1-5H3,(H,20,23)/b11-10-/t13-/m0/s1. The highest BCUT2D eigenvalue weighted by Gasteiger charge is 2.10. The summed E-state index contributed by atoms with van der Waals surface area (Å²) in [4.78, 5) is 12.0. The Kier molecular flexibility index (Phi) is 6.22. The van der Waals surface area contributed by atoms with Crippen molar-refractivity contribution in [1.82, 2.24) is 15.1 Å². The molecule has 1 aromatic heterocycles. The highest BCUT2D eigenvalue weighted by molar-refractivity contribution is 5.92. The van der Waals surface area contributed by atoms with Crippen LogP contribution in [-0.4, -0.2) is 35.4 Å². The molecule has 0 unspecified atom stereocenters. The van der Waals surface area contributed by atoms with Gasteiger partial charge in [0.05, 0.1) is 19.3 Å². The van der Waals surface area contributed by atoms with Crippen LogP contribution in [0.3, 0.4) is 0 Å². The largest absolute Gasteiger partial charge is 0.493 e. The topological polar surface area (TPSA) is 65.4 Å². The molecule has 1 amide bonds. The third-order valence-corrected chi connectivity index (χ3v) is 3.93. The molecule has 2 rings (SSSR count). The van der Waals surface area contributed by atoms with Gasteiger partial charge in [0, 0.05) is 24.4 Å². The minimum absolute atomic E-state index is 0.168. The van der Waals surface area contributed by atoms with Crippen LogP contribution in [0.15, 0.2) is 30.3 Å². The number of carbonyl (C=O) groups excluding carboxylic acids is 1. The molecule has 1 atom stereocenters. The summed E-state index contributed by atoms with van der Waals surface area (Å²) in [5.41, 5.74) is 2.89. The molecule has 0 aliphatic rings. The number of aryl methyl sites for hydroxylation is 2. The quantitative estimate of drug-likeness (QED) is 0.785. The Morgan fingerprint density at radius 2 is 2.00 bits per heavy atom. The normalized spacial score (nSPS) is 12.2. The van der Waals surface area contributed by atoms with Gasteiger partial charge in [-0.2, -0.15) is 5.10 Å². The predicted molar refractivity (Wildman–Crippen MR) is 97.8 cm³/mol. The van der Waals surface area contributed by atoms with E-state index in [1.165, 1.54) is 6.08 Å². The Hall–Kier alpha value is -2.76. The highest BCUT2D eigenvalue weighted by atomic mass is 16.5. The molecule has 0 saturated carbocycles. The van der Waals surface area contributed by atoms with Crippen LogP contribution in [0.5, 0.6) is 11.5 Å². The minimum Gasteiger partial charge on any atom is -0.493 e. The predicted octanol–water partition coefficient (Wildman–Crippen LogP) is 2.64. The lowest BCUT2D eigenvalue weighted by Crippen LogP contribution is -2.32. The monoisotopic (exact) mass is 343 g/mol. The number of rotatable bonds is 7. The molecule has 0 aliphatic carbocycles. The van der Waals surface area contributed by atoms with E-state index >= 15 is 0 Å². The van der Waals surface area contributed by atoms with Crippen LogP contribution >= 0.6 is 0 Å². The number of nitrogens with one attached hydrogen (secondary N) is 1. The number of aromatic nitrogens is 2. The van der Waals surface area contributed by atoms with Crippen LogP contribution in [0.2, 0.25) is 0 Å². The van der Waals surface area contributed by atoms with E-state index in [0.29, 0.717) is 18.0 Å². The van der Waals surface area contributed by atoms with E-state index in [4.69, 9.17) is 9.47 Å². The Morgan fingerprint density at radius 1 is 1.32 bits per heavy atom. The molecule has 0 bridgehead atoms. The Bertz CT molecular complexity index is 765. The van der Waals surface area contributed by atoms with E-state index in [2.05, 4.69) is 10.4 Å². The zero-order valence-corrected chi connectivity index (χ0v) is 15.4. The highest BCUT2D eigenvalue weighted by Crippen LogP contribution is 2.26. The van der Waals surface area contributed by atoms with Crippen LogP contribution in [0.25, 0.3) is 6.08 Å². The van der Waals surface area contributed by atoms with Crippen molar-refractivity contribution in [3.8, 4) is 11.5 Å². The summed E-state index contributed by atoms with van der Waals surface area (Å²) in [6.45, 7) is 6.19. The fraction of sp³-hybridized carbons (Fsp3) is 0.368. The molecule has 0 aliphatic heterocycles. The van der Waals surface area contributed by atoms with E-state index in [1.54, 1.807) is 17.9 Å². The van der Waals surface area contributed by atoms with Crippen molar-refractivity contribution in [1.29, 1.82) is 0 Å². The molecule has 1 N–H and O–H groups in total. The number of benzene rings is 1. The number of ether oxygens (including phenoxy) is 2. The molecule has 6 heteroatoms. The maximum Gasteiger partial charge on any atom is 0.244 e. The molecular formula is C19H25N3O3. The SMILES string of the molecule is COc1ccccc1O[C@@H](C)CNC(=O)/C=C\c1c(C)nn(C)c1C. The van der Waals surface area contributed by atoms with Crippen LogP contribution in [0.1, 0.15) is 23.9 Å². The van der Waals surface area contributed by atoms with Gasteiger partial charge in [0.25, 0.3) is 0 Å². The first-order valence-electron chi connectivity index (χ1n) is 8.18. The summed E-state index contributed by atoms with van der Waals surface area (Å²) in [6.07, 6.45) is 3.13. The second kappa shape index (κ2) is 8.37. The Labute approximate surface area is 148 Å². The average Bonchev–Trinajstić information content (AvgIpc) is 2.84. The van der Waals surface area contributed by atoms with Crippen molar-refractivity contribution in [3.05, 3.63) is 47.3 Å². The van der Waals surface area contributed by atoms with E-state index < -0.39 is 0 Å². The number of nitrogens with zero attached hydrogens (tertiary/aromatic N) is 2. The zero-order valence-electron chi connectivity index (χ0n) is 15.4. The van der Waals surface area contributed by atoms with E-state index in [-0.39, 0.29) is 12.0 Å². The number of carbonyl (C=O) groups is 1. The van der Waals surface area contributed by atoms with Gasteiger partial charge in [0.1, 0.15) is 6.10 Å². The van der Waals surface area contributed by atoms with Crippen molar-refractivity contribution in [2.24, 2.45) is 7.05 Å². The molecule has 0 saturated heterocycles. The van der Waals surface area contributed by atoms with Crippen molar-refractivity contribution < 1.29 is 14.3 Å². The van der Waals surface area contributed by atoms with E-state index in [9.17, 15) is 4.79 Å². The van der Waals surface area contributed by atoms with Crippen LogP contribution in [0, 0.1) is 13.8 Å². The molecule has 1 aromatic carbocycles. The first kappa shape index (κ1) is 18.6. The third kappa shape index (κ3) is 4.86. The molecule has 25 heavy (non-hydrogen) atoms. The number of hydrogen-bond donors (Lipinski definition) is 1. The Balaban J connectivity index is 1.88. The van der Waals surface area contributed by atoms with Crippen molar-refractivity contribution in [2.75, 3.05) is 13.7 Å². The Morgan fingerprint density at radius 3 is 2.60 bits per heavy atom. The molecule has 0 radical (unpaired) electrons. The second-order valence-electron chi connectivity index (χ2n) is 5.87. The van der Waals surface area contributed by atoms with Crippen molar-refractivity contribution in [2.45, 2.75) is 26.9 Å². The summed E-state index contributed by atoms with van der Waals surface area (Å²) in [6, 6.07) is 7.43. The molecule has 134 valence electrons. The van der Waals surface area contributed by atoms with Gasteiger partial charge in [-0.05, 0) is 39.0 Å². The zero-order chi connectivity index (χ0) is 18.4. The lowest BCUT2D eigenvalue weighted by molar-refractivity contribution is -0.116. The summed E-state index contributed by atoms with van der Waals surface area (Å²) in [7, 11) is 3.48. The third-order valence-electron chi connectivity index (χ3n) is 3.93. The number of para-hydroxylation sites is 2. The molecule has 0 spiro atoms. The number of methoxy groups -OCH3 is 1. The van der Waals surface area contributed by atoms with Gasteiger partial charge in [0.15, 0.2) is 11.5 Å². The van der Waals surface area contributed by atoms with Crippen molar-refractivity contribution in [3.63, 3.8) is 0 Å². The summed E-state index contributed by atoms with van der Waals surface area (Å²) < 4.78 is 12.9. The van der Waals surface area contributed by atoms with Gasteiger partial charge in [0.2, 0.25) is 5.91 Å². The summed E-state index contributed by atoms with van der Waals surface area (Å²) in [5, 5.41) is 7.17. The fourth-order valence-electron chi connectivity index (χ4n) is 2.47. The fourth-order valence-corrected chi connectivity index (χ4v) is 2.47. The van der Waals surface area contributed by atoms with E-state index in [1.807, 2.05) is 52.1 Å². The second-order valence-corrected chi connectivity index (χ2v) is 5.87. The molecule has 2 aromatic rings. The van der Waals surface area contributed by atoms with E-state index in [0.717, 1.165) is 17.0 Å². The lowest BCUT2D eigenvalue weighted by Gasteiger charge is -2.16. The summed E-state index contributed by atoms with van der Waals surface area (Å²) >= 11 is 0. The van der Waals surface area contributed by atoms with Crippen LogP contribution in [0.4, 0.5) is 0 Å². The first-order valence-corrected chi connectivity index (χ1v) is 8.18. The molecule has 1 heterocycles. The van der Waals surface area contributed by atoms with Crippen LogP contribution in [-0.2, 0) is 11.8 Å². The summed E-state index contributed by atoms with van der Waals surface area (Å²) in [5.74, 6) is 1.16.